The van der Waals surface area contributed by atoms with E-state index in [-0.39, 0.29) is 51.4 Å². The van der Waals surface area contributed by atoms with Crippen molar-refractivity contribution in [2.45, 2.75) is 75.8 Å². The number of benzene rings is 2. The molecule has 4 aliphatic heterocycles. The molecule has 0 aromatic heterocycles. The van der Waals surface area contributed by atoms with Crippen molar-refractivity contribution in [3.05, 3.63) is 60.2 Å². The third-order valence-electron chi connectivity index (χ3n) is 8.72. The molecule has 6 rings (SSSR count). The van der Waals surface area contributed by atoms with Crippen LogP contribution in [-0.4, -0.2) is 97.1 Å². The van der Waals surface area contributed by atoms with Crippen LogP contribution in [0.2, 0.25) is 0 Å². The number of likely N-dealkylation sites (tertiary alicyclic amines) is 1. The molecule has 47 heavy (non-hydrogen) atoms. The molecule has 5 amide bonds. The summed E-state index contributed by atoms with van der Waals surface area (Å²) in [4.78, 5) is 68.3. The van der Waals surface area contributed by atoms with E-state index in [1.807, 2.05) is 30.3 Å². The molecule has 2 aromatic carbocycles. The van der Waals surface area contributed by atoms with Crippen molar-refractivity contribution in [3.8, 4) is 11.5 Å². The van der Waals surface area contributed by atoms with Crippen molar-refractivity contribution in [3.63, 3.8) is 0 Å². The minimum atomic E-state index is -1.37. The van der Waals surface area contributed by atoms with Crippen molar-refractivity contribution < 1.29 is 38.2 Å². The van der Waals surface area contributed by atoms with Crippen LogP contribution in [0.1, 0.15) is 45.1 Å². The van der Waals surface area contributed by atoms with Crippen molar-refractivity contribution in [2.24, 2.45) is 0 Å². The van der Waals surface area contributed by atoms with Gasteiger partial charge in [-0.3, -0.25) is 24.0 Å². The number of piperidine rings is 1. The Morgan fingerprint density at radius 2 is 1.51 bits per heavy atom. The molecule has 4 atom stereocenters. The van der Waals surface area contributed by atoms with Crippen molar-refractivity contribution in [1.29, 1.82) is 0 Å². The van der Waals surface area contributed by atoms with Gasteiger partial charge in [0.15, 0.2) is 5.60 Å². The standard InChI is InChI=1S/C34H43N5O8/c1-22-29(40)35-16-20-45-25-10-12-26(13-11-25)47-34(14-17-39(18-15-34)32(43)28-9-6-19-46-28)33(44)37-23(2)30(41)38-27(31(42)36-22)21-24-7-4-3-5-8-24/h3-5,7-8,10-13,22-23,27-28H,6,9,14-21H2,1-2H3,(H,35,40)(H,36,42)(H,37,44)(H,38,41)/t22-,23-,27-,28+/m0/s1. The van der Waals surface area contributed by atoms with Crippen LogP contribution >= 0.6 is 0 Å². The molecule has 13 nitrogen and oxygen atoms in total. The first kappa shape index (κ1) is 33.7. The minimum absolute atomic E-state index is 0.0906. The summed E-state index contributed by atoms with van der Waals surface area (Å²) in [6.07, 6.45) is 1.60. The second-order valence-corrected chi connectivity index (χ2v) is 12.2. The Morgan fingerprint density at radius 3 is 2.19 bits per heavy atom. The van der Waals surface area contributed by atoms with Crippen molar-refractivity contribution >= 4 is 29.5 Å². The Balaban J connectivity index is 1.37. The van der Waals surface area contributed by atoms with Gasteiger partial charge in [0.25, 0.3) is 11.8 Å². The number of hydrogen-bond donors (Lipinski definition) is 4. The highest BCUT2D eigenvalue weighted by atomic mass is 16.5. The molecule has 2 saturated heterocycles. The molecule has 0 saturated carbocycles. The Labute approximate surface area is 274 Å². The zero-order valence-electron chi connectivity index (χ0n) is 26.8. The van der Waals surface area contributed by atoms with Crippen LogP contribution < -0.4 is 30.7 Å². The van der Waals surface area contributed by atoms with Gasteiger partial charge in [0.05, 0.1) is 6.54 Å². The fourth-order valence-electron chi connectivity index (χ4n) is 5.89. The number of nitrogens with zero attached hydrogens (tertiary/aromatic N) is 1. The van der Waals surface area contributed by atoms with Gasteiger partial charge in [-0.25, -0.2) is 0 Å². The van der Waals surface area contributed by atoms with Crippen LogP contribution in [0.15, 0.2) is 54.6 Å². The lowest BCUT2D eigenvalue weighted by Gasteiger charge is -2.41. The Morgan fingerprint density at radius 1 is 0.830 bits per heavy atom. The number of ether oxygens (including phenoxy) is 3. The highest BCUT2D eigenvalue weighted by molar-refractivity contribution is 5.95. The normalized spacial score (nSPS) is 25.9. The number of fused-ring (bicyclic) bond motifs is 15. The molecule has 0 radical (unpaired) electrons. The predicted octanol–water partition coefficient (Wildman–Crippen LogP) is 0.851. The molecule has 4 heterocycles. The molecule has 0 aliphatic carbocycles. The molecular formula is C34H43N5O8. The molecular weight excluding hydrogens is 606 g/mol. The summed E-state index contributed by atoms with van der Waals surface area (Å²) >= 11 is 0. The van der Waals surface area contributed by atoms with Crippen molar-refractivity contribution in [2.75, 3.05) is 32.8 Å². The Hall–Kier alpha value is -4.65. The number of carbonyl (C=O) groups is 5. The van der Waals surface area contributed by atoms with Crippen LogP contribution in [0.3, 0.4) is 0 Å². The van der Waals surface area contributed by atoms with E-state index >= 15 is 0 Å². The van der Waals surface area contributed by atoms with Crippen LogP contribution in [-0.2, 0) is 35.1 Å². The van der Waals surface area contributed by atoms with Gasteiger partial charge in [-0.05, 0) is 56.5 Å². The average Bonchev–Trinajstić information content (AvgIpc) is 3.62. The van der Waals surface area contributed by atoms with Gasteiger partial charge < -0.3 is 40.4 Å². The summed E-state index contributed by atoms with van der Waals surface area (Å²) in [5.74, 6) is -1.17. The van der Waals surface area contributed by atoms with Gasteiger partial charge in [0.1, 0.15) is 42.3 Å². The first-order valence-corrected chi connectivity index (χ1v) is 16.2. The summed E-state index contributed by atoms with van der Waals surface area (Å²) in [6.45, 7) is 4.57. The molecule has 13 heteroatoms. The van der Waals surface area contributed by atoms with Crippen LogP contribution in [0, 0.1) is 0 Å². The molecule has 0 unspecified atom stereocenters. The van der Waals surface area contributed by atoms with Crippen molar-refractivity contribution in [1.82, 2.24) is 26.2 Å². The van der Waals surface area contributed by atoms with Crippen LogP contribution in [0.5, 0.6) is 11.5 Å². The topological polar surface area (TPSA) is 164 Å². The lowest BCUT2D eigenvalue weighted by atomic mass is 9.89. The van der Waals surface area contributed by atoms with E-state index in [9.17, 15) is 24.0 Å². The average molecular weight is 650 g/mol. The molecule has 4 aliphatic rings. The molecule has 1 spiro atoms. The SMILES string of the molecule is C[C@@H]1NC(=O)[C@H](Cc2ccccc2)NC(=O)[C@H](C)NC(=O)C2(CCN(C(=O)[C@H]3CCCO3)CC2)Oc2ccc(cc2)OCCNC1=O. The van der Waals surface area contributed by atoms with Gasteiger partial charge in [0, 0.05) is 39.0 Å². The van der Waals surface area contributed by atoms with Gasteiger partial charge in [-0.1, -0.05) is 30.3 Å². The fraction of sp³-hybridized carbons (Fsp3) is 0.500. The van der Waals surface area contributed by atoms with E-state index < -0.39 is 53.5 Å². The van der Waals surface area contributed by atoms with E-state index in [0.717, 1.165) is 12.0 Å². The maximum absolute atomic E-state index is 14.0. The molecule has 252 valence electrons. The minimum Gasteiger partial charge on any atom is -0.492 e. The van der Waals surface area contributed by atoms with E-state index in [1.165, 1.54) is 6.92 Å². The number of hydrogen-bond acceptors (Lipinski definition) is 8. The second kappa shape index (κ2) is 15.3. The zero-order chi connectivity index (χ0) is 33.4. The third-order valence-corrected chi connectivity index (χ3v) is 8.72. The lowest BCUT2D eigenvalue weighted by molar-refractivity contribution is -0.151. The van der Waals surface area contributed by atoms with Gasteiger partial charge in [0.2, 0.25) is 17.7 Å². The summed E-state index contributed by atoms with van der Waals surface area (Å²) in [7, 11) is 0. The number of rotatable bonds is 3. The maximum atomic E-state index is 14.0. The third kappa shape index (κ3) is 8.59. The van der Waals surface area contributed by atoms with Gasteiger partial charge in [-0.15, -0.1) is 0 Å². The molecule has 2 bridgehead atoms. The first-order chi connectivity index (χ1) is 22.6. The van der Waals surface area contributed by atoms with E-state index in [1.54, 1.807) is 36.1 Å². The van der Waals surface area contributed by atoms with Gasteiger partial charge >= 0.3 is 0 Å². The van der Waals surface area contributed by atoms with Crippen LogP contribution in [0.25, 0.3) is 0 Å². The largest absolute Gasteiger partial charge is 0.492 e. The summed E-state index contributed by atoms with van der Waals surface area (Å²) < 4.78 is 17.7. The first-order valence-electron chi connectivity index (χ1n) is 16.2. The molecule has 2 aromatic rings. The smallest absolute Gasteiger partial charge is 0.264 e. The highest BCUT2D eigenvalue weighted by Crippen LogP contribution is 2.31. The van der Waals surface area contributed by atoms with E-state index in [0.29, 0.717) is 24.5 Å². The van der Waals surface area contributed by atoms with Gasteiger partial charge in [-0.2, -0.15) is 0 Å². The number of carbonyl (C=O) groups excluding carboxylic acids is 5. The number of nitrogens with one attached hydrogen (secondary N) is 4. The van der Waals surface area contributed by atoms with Crippen LogP contribution in [0.4, 0.5) is 0 Å². The fourth-order valence-corrected chi connectivity index (χ4v) is 5.89. The Bertz CT molecular complexity index is 1420. The van der Waals surface area contributed by atoms with E-state index in [4.69, 9.17) is 14.2 Å². The quantitative estimate of drug-likeness (QED) is 0.356. The monoisotopic (exact) mass is 649 g/mol. The predicted molar refractivity (Wildman–Crippen MR) is 170 cm³/mol. The zero-order valence-corrected chi connectivity index (χ0v) is 26.8. The highest BCUT2D eigenvalue weighted by Gasteiger charge is 2.46. The number of amides is 5. The Kier molecular flexibility index (Phi) is 11.0. The summed E-state index contributed by atoms with van der Waals surface area (Å²) in [5, 5.41) is 11.0. The molecule has 4 N–H and O–H groups in total. The second-order valence-electron chi connectivity index (χ2n) is 12.2. The summed E-state index contributed by atoms with van der Waals surface area (Å²) in [6, 6.07) is 13.0. The maximum Gasteiger partial charge on any atom is 0.264 e. The summed E-state index contributed by atoms with van der Waals surface area (Å²) in [5.41, 5.74) is -0.568. The lowest BCUT2D eigenvalue weighted by Crippen LogP contribution is -2.62. The molecule has 2 fully saturated rings. The van der Waals surface area contributed by atoms with E-state index in [2.05, 4.69) is 21.3 Å².